The van der Waals surface area contributed by atoms with Gasteiger partial charge in [-0.05, 0) is 24.3 Å². The van der Waals surface area contributed by atoms with Crippen molar-refractivity contribution in [3.8, 4) is 5.75 Å². The zero-order chi connectivity index (χ0) is 14.4. The normalized spacial score (nSPS) is 26.4. The van der Waals surface area contributed by atoms with E-state index in [2.05, 4.69) is 15.9 Å². The van der Waals surface area contributed by atoms with Gasteiger partial charge in [-0.25, -0.2) is 4.39 Å². The molecule has 1 aliphatic rings. The number of halogens is 2. The molecule has 2 unspecified atom stereocenters. The van der Waals surface area contributed by atoms with Crippen LogP contribution >= 0.6 is 15.9 Å². The van der Waals surface area contributed by atoms with Crippen molar-refractivity contribution in [2.45, 2.75) is 11.7 Å². The van der Waals surface area contributed by atoms with E-state index in [1.807, 2.05) is 24.3 Å². The van der Waals surface area contributed by atoms with Gasteiger partial charge in [0.05, 0.1) is 19.8 Å². The molecule has 1 heterocycles. The summed E-state index contributed by atoms with van der Waals surface area (Å²) in [5.41, 5.74) is -1.01. The fourth-order valence-electron chi connectivity index (χ4n) is 2.05. The van der Waals surface area contributed by atoms with E-state index in [0.717, 1.165) is 10.2 Å². The Kier molecular flexibility index (Phi) is 5.77. The summed E-state index contributed by atoms with van der Waals surface area (Å²) >= 11 is 3.36. The molecule has 20 heavy (non-hydrogen) atoms. The lowest BCUT2D eigenvalue weighted by molar-refractivity contribution is -0.226. The van der Waals surface area contributed by atoms with Gasteiger partial charge in [0, 0.05) is 11.6 Å². The maximum atomic E-state index is 13.2. The van der Waals surface area contributed by atoms with Crippen molar-refractivity contribution in [3.05, 3.63) is 28.7 Å². The van der Waals surface area contributed by atoms with E-state index < -0.39 is 12.3 Å². The smallest absolute Gasteiger partial charge is 0.143 e. The van der Waals surface area contributed by atoms with Crippen LogP contribution in [0.3, 0.4) is 0 Å². The van der Waals surface area contributed by atoms with E-state index in [4.69, 9.17) is 18.9 Å². The summed E-state index contributed by atoms with van der Waals surface area (Å²) in [5, 5.41) is 0. The zero-order valence-corrected chi connectivity index (χ0v) is 12.9. The Bertz CT molecular complexity index is 410. The van der Waals surface area contributed by atoms with Crippen LogP contribution in [0.4, 0.5) is 4.39 Å². The van der Waals surface area contributed by atoms with Crippen LogP contribution in [0.1, 0.15) is 0 Å². The first-order chi connectivity index (χ1) is 9.67. The van der Waals surface area contributed by atoms with Crippen LogP contribution in [-0.4, -0.2) is 51.9 Å². The van der Waals surface area contributed by atoms with Crippen molar-refractivity contribution in [1.29, 1.82) is 0 Å². The van der Waals surface area contributed by atoms with Gasteiger partial charge in [-0.1, -0.05) is 15.9 Å². The summed E-state index contributed by atoms with van der Waals surface area (Å²) in [7, 11) is 1.52. The van der Waals surface area contributed by atoms with Crippen molar-refractivity contribution in [2.75, 3.05) is 40.2 Å². The van der Waals surface area contributed by atoms with Gasteiger partial charge in [0.25, 0.3) is 0 Å². The molecule has 1 aliphatic heterocycles. The van der Waals surface area contributed by atoms with Crippen molar-refractivity contribution in [3.63, 3.8) is 0 Å². The summed E-state index contributed by atoms with van der Waals surface area (Å²) in [6, 6.07) is 7.49. The first-order valence-electron chi connectivity index (χ1n) is 6.36. The van der Waals surface area contributed by atoms with E-state index in [9.17, 15) is 4.39 Å². The molecule has 0 bridgehead atoms. The Morgan fingerprint density at radius 3 is 2.80 bits per heavy atom. The van der Waals surface area contributed by atoms with E-state index in [1.165, 1.54) is 7.11 Å². The molecule has 1 saturated heterocycles. The monoisotopic (exact) mass is 348 g/mol. The first-order valence-corrected chi connectivity index (χ1v) is 7.15. The topological polar surface area (TPSA) is 36.9 Å². The fraction of sp³-hybridized carbons (Fsp3) is 0.571. The number of alkyl halides is 1. The van der Waals surface area contributed by atoms with Crippen LogP contribution < -0.4 is 4.74 Å². The summed E-state index contributed by atoms with van der Waals surface area (Å²) in [4.78, 5) is 0. The number of methoxy groups -OCH3 is 1. The average molecular weight is 349 g/mol. The highest BCUT2D eigenvalue weighted by Gasteiger charge is 2.39. The molecule has 0 aliphatic carbocycles. The Balaban J connectivity index is 1.87. The quantitative estimate of drug-likeness (QED) is 0.791. The second-order valence-corrected chi connectivity index (χ2v) is 5.69. The van der Waals surface area contributed by atoms with Crippen LogP contribution in [0.15, 0.2) is 28.7 Å². The molecule has 112 valence electrons. The molecule has 0 N–H and O–H groups in total. The number of benzene rings is 1. The van der Waals surface area contributed by atoms with E-state index in [1.54, 1.807) is 0 Å². The summed E-state index contributed by atoms with van der Waals surface area (Å²) < 4.78 is 36.0. The van der Waals surface area contributed by atoms with Crippen LogP contribution in [0.5, 0.6) is 5.75 Å². The molecule has 0 spiro atoms. The number of ether oxygens (including phenoxy) is 4. The molecule has 6 heteroatoms. The third-order valence-electron chi connectivity index (χ3n) is 2.99. The van der Waals surface area contributed by atoms with Crippen LogP contribution in [0.2, 0.25) is 0 Å². The number of hydrogen-bond acceptors (Lipinski definition) is 4. The molecule has 0 saturated carbocycles. The van der Waals surface area contributed by atoms with Crippen molar-refractivity contribution < 1.29 is 23.3 Å². The van der Waals surface area contributed by atoms with Gasteiger partial charge in [0.1, 0.15) is 30.7 Å². The van der Waals surface area contributed by atoms with E-state index >= 15 is 0 Å². The van der Waals surface area contributed by atoms with E-state index in [0.29, 0.717) is 13.2 Å². The Morgan fingerprint density at radius 1 is 1.40 bits per heavy atom. The highest BCUT2D eigenvalue weighted by Crippen LogP contribution is 2.23. The standard InChI is InChI=1S/C14H18BrFO4/c1-17-9-14(8-16)10-18-6-13(20-14)7-19-12-4-2-11(15)3-5-12/h2-5,13H,6-10H2,1H3. The second-order valence-electron chi connectivity index (χ2n) is 4.77. The molecule has 0 amide bonds. The third-order valence-corrected chi connectivity index (χ3v) is 3.51. The lowest BCUT2D eigenvalue weighted by Crippen LogP contribution is -2.53. The Morgan fingerprint density at radius 2 is 2.15 bits per heavy atom. The van der Waals surface area contributed by atoms with Gasteiger partial charge in [0.2, 0.25) is 0 Å². The van der Waals surface area contributed by atoms with Gasteiger partial charge >= 0.3 is 0 Å². The highest BCUT2D eigenvalue weighted by molar-refractivity contribution is 9.10. The maximum absolute atomic E-state index is 13.2. The minimum absolute atomic E-state index is 0.165. The van der Waals surface area contributed by atoms with Crippen molar-refractivity contribution in [1.82, 2.24) is 0 Å². The van der Waals surface area contributed by atoms with E-state index in [-0.39, 0.29) is 19.3 Å². The van der Waals surface area contributed by atoms with Gasteiger partial charge in [0.15, 0.2) is 0 Å². The minimum Gasteiger partial charge on any atom is -0.491 e. The summed E-state index contributed by atoms with van der Waals surface area (Å²) in [6.07, 6.45) is -0.307. The van der Waals surface area contributed by atoms with Crippen LogP contribution in [-0.2, 0) is 14.2 Å². The molecule has 1 aromatic carbocycles. The molecule has 2 rings (SSSR count). The number of hydrogen-bond donors (Lipinski definition) is 0. The van der Waals surface area contributed by atoms with Crippen molar-refractivity contribution >= 4 is 15.9 Å². The van der Waals surface area contributed by atoms with Crippen molar-refractivity contribution in [2.24, 2.45) is 0 Å². The van der Waals surface area contributed by atoms with Gasteiger partial charge in [-0.3, -0.25) is 0 Å². The lowest BCUT2D eigenvalue weighted by Gasteiger charge is -2.38. The van der Waals surface area contributed by atoms with Gasteiger partial charge in [-0.15, -0.1) is 0 Å². The van der Waals surface area contributed by atoms with Crippen LogP contribution in [0, 0.1) is 0 Å². The summed E-state index contributed by atoms with van der Waals surface area (Å²) in [6.45, 7) is 0.426. The SMILES string of the molecule is COCC1(CF)COCC(COc2ccc(Br)cc2)O1. The molecule has 1 fully saturated rings. The predicted molar refractivity (Wildman–Crippen MR) is 75.9 cm³/mol. The molecule has 2 atom stereocenters. The number of rotatable bonds is 6. The highest BCUT2D eigenvalue weighted by atomic mass is 79.9. The minimum atomic E-state index is -1.01. The predicted octanol–water partition coefficient (Wildman–Crippen LogP) is 2.60. The molecule has 1 aromatic rings. The Hall–Kier alpha value is -0.690. The molecular weight excluding hydrogens is 331 g/mol. The third kappa shape index (κ3) is 4.15. The van der Waals surface area contributed by atoms with Gasteiger partial charge < -0.3 is 18.9 Å². The fourth-order valence-corrected chi connectivity index (χ4v) is 2.31. The average Bonchev–Trinajstić information content (AvgIpc) is 2.47. The second kappa shape index (κ2) is 7.36. The largest absolute Gasteiger partial charge is 0.491 e. The molecule has 0 radical (unpaired) electrons. The summed E-state index contributed by atoms with van der Waals surface area (Å²) in [5.74, 6) is 0.736. The molecule has 0 aromatic heterocycles. The first kappa shape index (κ1) is 15.7. The maximum Gasteiger partial charge on any atom is 0.143 e. The zero-order valence-electron chi connectivity index (χ0n) is 11.3. The molecule has 4 nitrogen and oxygen atoms in total. The Labute approximate surface area is 126 Å². The van der Waals surface area contributed by atoms with Gasteiger partial charge in [-0.2, -0.15) is 0 Å². The lowest BCUT2D eigenvalue weighted by atomic mass is 10.1. The molecular formula is C14H18BrFO4. The van der Waals surface area contributed by atoms with Crippen LogP contribution in [0.25, 0.3) is 0 Å².